The van der Waals surface area contributed by atoms with Gasteiger partial charge in [0.2, 0.25) is 11.8 Å². The Bertz CT molecular complexity index is 624. The summed E-state index contributed by atoms with van der Waals surface area (Å²) in [5, 5.41) is 8.42. The second kappa shape index (κ2) is 6.43. The lowest BCUT2D eigenvalue weighted by molar-refractivity contribution is -0.117. The molecule has 1 aliphatic heterocycles. The molecule has 6 nitrogen and oxygen atoms in total. The predicted molar refractivity (Wildman–Crippen MR) is 83.6 cm³/mol. The summed E-state index contributed by atoms with van der Waals surface area (Å²) >= 11 is 0. The minimum atomic E-state index is -0.449. The summed E-state index contributed by atoms with van der Waals surface area (Å²) < 4.78 is 0. The monoisotopic (exact) mass is 300 g/mol. The molecule has 0 fully saturated rings. The van der Waals surface area contributed by atoms with Crippen LogP contribution in [0.4, 0.5) is 0 Å². The lowest BCUT2D eigenvalue weighted by Gasteiger charge is -2.30. The molecule has 22 heavy (non-hydrogen) atoms. The van der Waals surface area contributed by atoms with Crippen molar-refractivity contribution < 1.29 is 9.59 Å². The van der Waals surface area contributed by atoms with Crippen LogP contribution in [0, 0.1) is 0 Å². The number of rotatable bonds is 3. The highest BCUT2D eigenvalue weighted by molar-refractivity contribution is 6.03. The van der Waals surface area contributed by atoms with Crippen molar-refractivity contribution in [2.75, 3.05) is 14.1 Å². The van der Waals surface area contributed by atoms with E-state index in [4.69, 9.17) is 0 Å². The minimum Gasteiger partial charge on any atom is -0.362 e. The van der Waals surface area contributed by atoms with E-state index in [2.05, 4.69) is 20.9 Å². The average molecular weight is 300 g/mol. The molecule has 0 bridgehead atoms. The number of nitrogens with zero attached hydrogens (tertiary/aromatic N) is 1. The van der Waals surface area contributed by atoms with Gasteiger partial charge in [0.05, 0.1) is 0 Å². The van der Waals surface area contributed by atoms with E-state index in [0.29, 0.717) is 11.1 Å². The van der Waals surface area contributed by atoms with Crippen molar-refractivity contribution in [2.45, 2.75) is 19.8 Å². The Kier molecular flexibility index (Phi) is 4.60. The fraction of sp³-hybridized carbons (Fsp3) is 0.312. The van der Waals surface area contributed by atoms with Crippen LogP contribution in [-0.4, -0.2) is 30.9 Å². The number of allylic oxidation sites excluding steroid dienone is 2. The van der Waals surface area contributed by atoms with Crippen LogP contribution < -0.4 is 16.0 Å². The normalized spacial score (nSPS) is 15.5. The van der Waals surface area contributed by atoms with E-state index in [1.807, 2.05) is 19.9 Å². The van der Waals surface area contributed by atoms with Gasteiger partial charge in [-0.05, 0) is 25.5 Å². The highest BCUT2D eigenvalue weighted by atomic mass is 16.2. The van der Waals surface area contributed by atoms with Crippen LogP contribution in [0.1, 0.15) is 25.3 Å². The molecule has 0 atom stereocenters. The van der Waals surface area contributed by atoms with E-state index < -0.39 is 5.92 Å². The Balaban J connectivity index is 2.66. The molecule has 3 N–H and O–H groups in total. The quantitative estimate of drug-likeness (QED) is 0.771. The summed E-state index contributed by atoms with van der Waals surface area (Å²) in [5.41, 5.74) is 3.33. The molecular formula is C16H20N4O2. The van der Waals surface area contributed by atoms with Crippen molar-refractivity contribution in [3.05, 3.63) is 52.6 Å². The van der Waals surface area contributed by atoms with Crippen LogP contribution >= 0.6 is 0 Å². The number of carbonyl (C=O) groups is 2. The van der Waals surface area contributed by atoms with Crippen molar-refractivity contribution >= 4 is 11.8 Å². The number of nitrogens with one attached hydrogen (secondary N) is 3. The van der Waals surface area contributed by atoms with Gasteiger partial charge in [-0.25, -0.2) is 0 Å². The number of hydrogen-bond donors (Lipinski definition) is 3. The Morgan fingerprint density at radius 3 is 2.05 bits per heavy atom. The first kappa shape index (κ1) is 15.8. The van der Waals surface area contributed by atoms with Gasteiger partial charge >= 0.3 is 0 Å². The van der Waals surface area contributed by atoms with Crippen LogP contribution in [0.25, 0.3) is 0 Å². The predicted octanol–water partition coefficient (Wildman–Crippen LogP) is 0.808. The number of aromatic nitrogens is 1. The highest BCUT2D eigenvalue weighted by Gasteiger charge is 2.35. The SMILES string of the molecule is CNC(=O)C1=C(C)NC(C)=C(C(=O)NC)C1c1cccnc1. The molecule has 2 amide bonds. The third kappa shape index (κ3) is 2.72. The van der Waals surface area contributed by atoms with E-state index in [-0.39, 0.29) is 11.8 Å². The lowest BCUT2D eigenvalue weighted by Crippen LogP contribution is -2.37. The first-order chi connectivity index (χ1) is 10.5. The van der Waals surface area contributed by atoms with Gasteiger partial charge in [-0.3, -0.25) is 14.6 Å². The molecule has 0 radical (unpaired) electrons. The fourth-order valence-corrected chi connectivity index (χ4v) is 2.75. The van der Waals surface area contributed by atoms with Crippen LogP contribution in [0.2, 0.25) is 0 Å². The Morgan fingerprint density at radius 2 is 1.64 bits per heavy atom. The number of dihydropyridines is 1. The molecule has 116 valence electrons. The molecule has 0 spiro atoms. The topological polar surface area (TPSA) is 83.1 Å². The molecule has 1 aromatic heterocycles. The van der Waals surface area contributed by atoms with Gasteiger partial charge in [0.15, 0.2) is 0 Å². The van der Waals surface area contributed by atoms with Gasteiger partial charge in [0.25, 0.3) is 0 Å². The van der Waals surface area contributed by atoms with E-state index in [1.54, 1.807) is 32.6 Å². The third-order valence-electron chi connectivity index (χ3n) is 3.72. The lowest BCUT2D eigenvalue weighted by atomic mass is 9.80. The number of carbonyl (C=O) groups excluding carboxylic acids is 2. The Hall–Kier alpha value is -2.63. The first-order valence-electron chi connectivity index (χ1n) is 7.03. The molecule has 0 unspecified atom stereocenters. The van der Waals surface area contributed by atoms with Crippen LogP contribution in [0.15, 0.2) is 47.1 Å². The molecule has 0 saturated carbocycles. The van der Waals surface area contributed by atoms with E-state index in [1.165, 1.54) is 0 Å². The minimum absolute atomic E-state index is 0.215. The van der Waals surface area contributed by atoms with E-state index >= 15 is 0 Å². The van der Waals surface area contributed by atoms with Crippen molar-refractivity contribution in [3.8, 4) is 0 Å². The first-order valence-corrected chi connectivity index (χ1v) is 7.03. The van der Waals surface area contributed by atoms with Gasteiger partial charge in [0, 0.05) is 54.9 Å². The summed E-state index contributed by atoms with van der Waals surface area (Å²) in [6.45, 7) is 3.66. The van der Waals surface area contributed by atoms with Crippen molar-refractivity contribution in [3.63, 3.8) is 0 Å². The van der Waals surface area contributed by atoms with Gasteiger partial charge < -0.3 is 16.0 Å². The van der Waals surface area contributed by atoms with Crippen molar-refractivity contribution in [2.24, 2.45) is 0 Å². The van der Waals surface area contributed by atoms with E-state index in [0.717, 1.165) is 17.0 Å². The second-order valence-corrected chi connectivity index (χ2v) is 5.08. The molecule has 0 saturated heterocycles. The molecule has 2 rings (SSSR count). The standard InChI is InChI=1S/C16H20N4O2/c1-9-12(15(21)17-3)14(11-6-5-7-19-8-11)13(10(2)20-9)16(22)18-4/h5-8,14,20H,1-4H3,(H,17,21)(H,18,22). The van der Waals surface area contributed by atoms with Gasteiger partial charge in [-0.15, -0.1) is 0 Å². The second-order valence-electron chi connectivity index (χ2n) is 5.08. The smallest absolute Gasteiger partial charge is 0.249 e. The van der Waals surface area contributed by atoms with Crippen molar-refractivity contribution in [1.82, 2.24) is 20.9 Å². The molecule has 0 aliphatic carbocycles. The highest BCUT2D eigenvalue weighted by Crippen LogP contribution is 2.37. The van der Waals surface area contributed by atoms with Crippen molar-refractivity contribution in [1.29, 1.82) is 0 Å². The van der Waals surface area contributed by atoms with E-state index in [9.17, 15) is 9.59 Å². The zero-order valence-corrected chi connectivity index (χ0v) is 13.2. The van der Waals surface area contributed by atoms with Crippen LogP contribution in [-0.2, 0) is 9.59 Å². The molecule has 6 heteroatoms. The molecule has 1 aromatic rings. The maximum absolute atomic E-state index is 12.3. The third-order valence-corrected chi connectivity index (χ3v) is 3.72. The van der Waals surface area contributed by atoms with Gasteiger partial charge in [0.1, 0.15) is 0 Å². The zero-order chi connectivity index (χ0) is 16.3. The molecular weight excluding hydrogens is 280 g/mol. The summed E-state index contributed by atoms with van der Waals surface area (Å²) in [4.78, 5) is 28.8. The number of pyridine rings is 1. The Morgan fingerprint density at radius 1 is 1.09 bits per heavy atom. The summed E-state index contributed by atoms with van der Waals surface area (Å²) in [6, 6.07) is 3.67. The summed E-state index contributed by atoms with van der Waals surface area (Å²) in [7, 11) is 3.15. The number of hydrogen-bond acceptors (Lipinski definition) is 4. The maximum atomic E-state index is 12.3. The summed E-state index contributed by atoms with van der Waals surface area (Å²) in [6.07, 6.45) is 3.35. The van der Waals surface area contributed by atoms with Gasteiger partial charge in [-0.1, -0.05) is 6.07 Å². The molecule has 1 aliphatic rings. The number of likely N-dealkylation sites (N-methyl/N-ethyl adjacent to an activating group) is 2. The molecule has 0 aromatic carbocycles. The fourth-order valence-electron chi connectivity index (χ4n) is 2.75. The molecule has 2 heterocycles. The van der Waals surface area contributed by atoms with Crippen LogP contribution in [0.5, 0.6) is 0 Å². The largest absolute Gasteiger partial charge is 0.362 e. The summed E-state index contributed by atoms with van der Waals surface area (Å²) in [5.74, 6) is -0.879. The van der Waals surface area contributed by atoms with Crippen LogP contribution in [0.3, 0.4) is 0 Å². The zero-order valence-electron chi connectivity index (χ0n) is 13.2. The van der Waals surface area contributed by atoms with Gasteiger partial charge in [-0.2, -0.15) is 0 Å². The number of amides is 2. The maximum Gasteiger partial charge on any atom is 0.249 e. The Labute approximate surface area is 129 Å². The average Bonchev–Trinajstić information content (AvgIpc) is 2.53.